The number of methoxy groups -OCH3 is 1. The van der Waals surface area contributed by atoms with E-state index in [4.69, 9.17) is 9.94 Å². The van der Waals surface area contributed by atoms with Gasteiger partial charge < -0.3 is 9.94 Å². The van der Waals surface area contributed by atoms with Gasteiger partial charge in [0.25, 0.3) is 0 Å². The summed E-state index contributed by atoms with van der Waals surface area (Å²) in [5.41, 5.74) is 2.08. The summed E-state index contributed by atoms with van der Waals surface area (Å²) >= 11 is 4.82. The molecule has 0 atom stereocenters. The van der Waals surface area contributed by atoms with Gasteiger partial charge in [-0.15, -0.1) is 11.3 Å². The molecule has 0 aromatic carbocycles. The summed E-state index contributed by atoms with van der Waals surface area (Å²) in [4.78, 5) is 1.02. The van der Waals surface area contributed by atoms with E-state index in [-0.39, 0.29) is 0 Å². The lowest BCUT2D eigenvalue weighted by molar-refractivity contribution is 0.162. The van der Waals surface area contributed by atoms with Gasteiger partial charge in [-0.25, -0.2) is 5.48 Å². The highest BCUT2D eigenvalue weighted by atomic mass is 79.9. The fraction of sp³-hybridized carbons (Fsp3) is 0.333. The molecule has 2 N–H and O–H groups in total. The van der Waals surface area contributed by atoms with Crippen LogP contribution in [0.2, 0.25) is 0 Å². The van der Waals surface area contributed by atoms with Crippen molar-refractivity contribution >= 4 is 27.3 Å². The van der Waals surface area contributed by atoms with E-state index in [1.165, 1.54) is 11.3 Å². The van der Waals surface area contributed by atoms with E-state index in [1.807, 2.05) is 6.07 Å². The van der Waals surface area contributed by atoms with Crippen LogP contribution in [0.25, 0.3) is 0 Å². The second kappa shape index (κ2) is 4.06. The fourth-order valence-electron chi connectivity index (χ4n) is 0.702. The second-order valence-electron chi connectivity index (χ2n) is 1.89. The summed E-state index contributed by atoms with van der Waals surface area (Å²) in [5.74, 6) is 0. The van der Waals surface area contributed by atoms with Crippen LogP contribution in [0.1, 0.15) is 4.88 Å². The average Bonchev–Trinajstić information content (AvgIpc) is 2.32. The molecule has 0 aliphatic rings. The molecule has 1 rings (SSSR count). The summed E-state index contributed by atoms with van der Waals surface area (Å²) in [6.07, 6.45) is 0. The molecular weight excluding hydrogens is 230 g/mol. The third-order valence-corrected chi connectivity index (χ3v) is 3.09. The third-order valence-electron chi connectivity index (χ3n) is 1.15. The minimum atomic E-state index is 0.451. The lowest BCUT2D eigenvalue weighted by atomic mass is 10.5. The topological polar surface area (TPSA) is 41.5 Å². The Morgan fingerprint density at radius 1 is 1.82 bits per heavy atom. The van der Waals surface area contributed by atoms with Gasteiger partial charge in [0.05, 0.1) is 18.1 Å². The molecule has 62 valence electrons. The molecule has 0 fully saturated rings. The standard InChI is InChI=1S/C6H8BrNO2S/c1-10-6-5(7)2-4(11-6)3-8-9/h2,8-9H,3H2,1H3. The number of hydrogen-bond donors (Lipinski definition) is 2. The normalized spacial score (nSPS) is 10.1. The molecule has 0 aliphatic heterocycles. The minimum Gasteiger partial charge on any atom is -0.486 e. The maximum absolute atomic E-state index is 8.39. The Kier molecular flexibility index (Phi) is 3.32. The van der Waals surface area contributed by atoms with Crippen LogP contribution in [0.4, 0.5) is 0 Å². The quantitative estimate of drug-likeness (QED) is 0.791. The Balaban J connectivity index is 2.77. The van der Waals surface area contributed by atoms with Gasteiger partial charge in [0.2, 0.25) is 0 Å². The number of thiophene rings is 1. The number of ether oxygens (including phenoxy) is 1. The highest BCUT2D eigenvalue weighted by molar-refractivity contribution is 9.10. The number of hydroxylamine groups is 1. The van der Waals surface area contributed by atoms with E-state index in [1.54, 1.807) is 7.11 Å². The Labute approximate surface area is 77.1 Å². The second-order valence-corrected chi connectivity index (χ2v) is 3.84. The molecular formula is C6H8BrNO2S. The van der Waals surface area contributed by atoms with Crippen molar-refractivity contribution in [2.24, 2.45) is 0 Å². The van der Waals surface area contributed by atoms with Crippen LogP contribution in [0, 0.1) is 0 Å². The van der Waals surface area contributed by atoms with Crippen molar-refractivity contribution in [2.45, 2.75) is 6.54 Å². The van der Waals surface area contributed by atoms with Crippen LogP contribution in [0.5, 0.6) is 5.06 Å². The summed E-state index contributed by atoms with van der Waals surface area (Å²) in [6.45, 7) is 0.451. The third kappa shape index (κ3) is 2.16. The van der Waals surface area contributed by atoms with Crippen LogP contribution in [-0.4, -0.2) is 12.3 Å². The van der Waals surface area contributed by atoms with Crippen molar-refractivity contribution in [2.75, 3.05) is 7.11 Å². The first-order chi connectivity index (χ1) is 5.27. The molecule has 1 heterocycles. The van der Waals surface area contributed by atoms with Crippen molar-refractivity contribution in [1.82, 2.24) is 5.48 Å². The Bertz CT molecular complexity index is 238. The van der Waals surface area contributed by atoms with Gasteiger partial charge in [-0.05, 0) is 22.0 Å². The van der Waals surface area contributed by atoms with Crippen molar-refractivity contribution < 1.29 is 9.94 Å². The predicted molar refractivity (Wildman–Crippen MR) is 47.2 cm³/mol. The van der Waals surface area contributed by atoms with Crippen molar-refractivity contribution in [1.29, 1.82) is 0 Å². The number of halogens is 1. The molecule has 3 nitrogen and oxygen atoms in total. The molecule has 0 spiro atoms. The number of nitrogens with one attached hydrogen (secondary N) is 1. The van der Waals surface area contributed by atoms with Crippen LogP contribution in [0.3, 0.4) is 0 Å². The zero-order valence-corrected chi connectivity index (χ0v) is 8.33. The van der Waals surface area contributed by atoms with Gasteiger partial charge in [0.1, 0.15) is 0 Å². The van der Waals surface area contributed by atoms with Gasteiger partial charge >= 0.3 is 0 Å². The average molecular weight is 238 g/mol. The Hall–Kier alpha value is -0.100. The molecule has 5 heteroatoms. The minimum absolute atomic E-state index is 0.451. The lowest BCUT2D eigenvalue weighted by Crippen LogP contribution is -2.03. The zero-order chi connectivity index (χ0) is 8.27. The first-order valence-electron chi connectivity index (χ1n) is 2.97. The Morgan fingerprint density at radius 2 is 2.55 bits per heavy atom. The zero-order valence-electron chi connectivity index (χ0n) is 5.93. The van der Waals surface area contributed by atoms with Crippen LogP contribution in [-0.2, 0) is 6.54 Å². The van der Waals surface area contributed by atoms with Gasteiger partial charge in [-0.1, -0.05) is 0 Å². The van der Waals surface area contributed by atoms with Crippen molar-refractivity contribution in [3.8, 4) is 5.06 Å². The molecule has 0 radical (unpaired) electrons. The number of hydrogen-bond acceptors (Lipinski definition) is 4. The van der Waals surface area contributed by atoms with E-state index >= 15 is 0 Å². The molecule has 1 aromatic rings. The molecule has 1 aromatic heterocycles. The molecule has 0 amide bonds. The fourth-order valence-corrected chi connectivity index (χ4v) is 2.33. The Morgan fingerprint density at radius 3 is 3.00 bits per heavy atom. The molecule has 0 bridgehead atoms. The SMILES string of the molecule is COc1sc(CNO)cc1Br. The van der Waals surface area contributed by atoms with E-state index in [0.29, 0.717) is 6.54 Å². The largest absolute Gasteiger partial charge is 0.486 e. The van der Waals surface area contributed by atoms with E-state index in [2.05, 4.69) is 21.4 Å². The lowest BCUT2D eigenvalue weighted by Gasteiger charge is -1.92. The highest BCUT2D eigenvalue weighted by Gasteiger charge is 2.05. The maximum Gasteiger partial charge on any atom is 0.188 e. The molecule has 0 saturated heterocycles. The molecule has 0 aliphatic carbocycles. The summed E-state index contributed by atoms with van der Waals surface area (Å²) < 4.78 is 5.96. The summed E-state index contributed by atoms with van der Waals surface area (Å²) in [7, 11) is 1.62. The van der Waals surface area contributed by atoms with E-state index < -0.39 is 0 Å². The van der Waals surface area contributed by atoms with E-state index in [9.17, 15) is 0 Å². The van der Waals surface area contributed by atoms with Crippen molar-refractivity contribution in [3.05, 3.63) is 15.4 Å². The molecule has 11 heavy (non-hydrogen) atoms. The first kappa shape index (κ1) is 8.99. The van der Waals surface area contributed by atoms with Crippen molar-refractivity contribution in [3.63, 3.8) is 0 Å². The molecule has 0 unspecified atom stereocenters. The van der Waals surface area contributed by atoms with Crippen LogP contribution >= 0.6 is 27.3 Å². The highest BCUT2D eigenvalue weighted by Crippen LogP contribution is 2.34. The van der Waals surface area contributed by atoms with Crippen LogP contribution in [0.15, 0.2) is 10.5 Å². The number of rotatable bonds is 3. The smallest absolute Gasteiger partial charge is 0.188 e. The maximum atomic E-state index is 8.39. The van der Waals surface area contributed by atoms with E-state index in [0.717, 1.165) is 14.4 Å². The predicted octanol–water partition coefficient (Wildman–Crippen LogP) is 2.00. The summed E-state index contributed by atoms with van der Waals surface area (Å²) in [5, 5.41) is 9.22. The van der Waals surface area contributed by atoms with Crippen LogP contribution < -0.4 is 10.2 Å². The van der Waals surface area contributed by atoms with Gasteiger partial charge in [0, 0.05) is 4.88 Å². The molecule has 0 saturated carbocycles. The monoisotopic (exact) mass is 237 g/mol. The van der Waals surface area contributed by atoms with Gasteiger partial charge in [-0.3, -0.25) is 0 Å². The first-order valence-corrected chi connectivity index (χ1v) is 4.58. The summed E-state index contributed by atoms with van der Waals surface area (Å²) in [6, 6.07) is 1.91. The van der Waals surface area contributed by atoms with Gasteiger partial charge in [0.15, 0.2) is 5.06 Å². The van der Waals surface area contributed by atoms with Gasteiger partial charge in [-0.2, -0.15) is 0 Å².